The highest BCUT2D eigenvalue weighted by atomic mass is 32.2. The minimum atomic E-state index is -3.74. The zero-order valence-corrected chi connectivity index (χ0v) is 12.1. The zero-order valence-electron chi connectivity index (χ0n) is 11.3. The Labute approximate surface area is 122 Å². The maximum Gasteiger partial charge on any atom is 0.352 e. The second kappa shape index (κ2) is 4.63. The first kappa shape index (κ1) is 13.7. The molecule has 2 heterocycles. The monoisotopic (exact) mass is 306 g/mol. The molecule has 110 valence electrons. The maximum atomic E-state index is 12.7. The summed E-state index contributed by atoms with van der Waals surface area (Å²) in [5.74, 6) is -1.19. The number of hydrogen-bond acceptors (Lipinski definition) is 3. The van der Waals surface area contributed by atoms with Gasteiger partial charge in [0.05, 0.1) is 5.69 Å². The SMILES string of the molecule is Cc1ccc2c(c1)N(S(=O)(=O)c1c[nH]c(C(=O)O)c1)CC2. The van der Waals surface area contributed by atoms with E-state index in [1.54, 1.807) is 0 Å². The number of H-pyrrole nitrogens is 1. The van der Waals surface area contributed by atoms with Crippen LogP contribution >= 0.6 is 0 Å². The Balaban J connectivity index is 2.04. The number of carboxylic acids is 1. The molecule has 0 saturated heterocycles. The van der Waals surface area contributed by atoms with E-state index >= 15 is 0 Å². The van der Waals surface area contributed by atoms with Gasteiger partial charge in [0.15, 0.2) is 0 Å². The molecule has 1 aromatic heterocycles. The number of nitrogens with one attached hydrogen (secondary N) is 1. The number of anilines is 1. The van der Waals surface area contributed by atoms with Crippen LogP contribution in [0.2, 0.25) is 0 Å². The van der Waals surface area contributed by atoms with Gasteiger partial charge in [-0.15, -0.1) is 0 Å². The van der Waals surface area contributed by atoms with Crippen molar-refractivity contribution in [3.8, 4) is 0 Å². The molecule has 0 spiro atoms. The third-order valence-corrected chi connectivity index (χ3v) is 5.36. The predicted octanol–water partition coefficient (Wildman–Crippen LogP) is 1.77. The molecule has 0 radical (unpaired) electrons. The summed E-state index contributed by atoms with van der Waals surface area (Å²) in [6.45, 7) is 2.27. The van der Waals surface area contributed by atoms with Crippen molar-refractivity contribution in [3.63, 3.8) is 0 Å². The van der Waals surface area contributed by atoms with E-state index in [1.807, 2.05) is 25.1 Å². The fourth-order valence-electron chi connectivity index (χ4n) is 2.48. The number of rotatable bonds is 3. The zero-order chi connectivity index (χ0) is 15.2. The third kappa shape index (κ3) is 2.19. The van der Waals surface area contributed by atoms with Crippen molar-refractivity contribution in [1.82, 2.24) is 4.98 Å². The van der Waals surface area contributed by atoms with Gasteiger partial charge in [-0.1, -0.05) is 12.1 Å². The lowest BCUT2D eigenvalue weighted by Crippen LogP contribution is -2.28. The molecule has 0 amide bonds. The normalized spacial score (nSPS) is 14.2. The molecule has 2 N–H and O–H groups in total. The first-order valence-corrected chi connectivity index (χ1v) is 7.87. The average molecular weight is 306 g/mol. The topological polar surface area (TPSA) is 90.5 Å². The molecular formula is C14H14N2O4S. The van der Waals surface area contributed by atoms with Gasteiger partial charge >= 0.3 is 5.97 Å². The van der Waals surface area contributed by atoms with Crippen molar-refractivity contribution < 1.29 is 18.3 Å². The molecule has 0 fully saturated rings. The first-order valence-electron chi connectivity index (χ1n) is 6.43. The minimum absolute atomic E-state index is 0.0331. The molecule has 2 aromatic rings. The number of carbonyl (C=O) groups is 1. The van der Waals surface area contributed by atoms with Crippen molar-refractivity contribution in [2.75, 3.05) is 10.8 Å². The van der Waals surface area contributed by atoms with Crippen LogP contribution in [0, 0.1) is 6.92 Å². The summed E-state index contributed by atoms with van der Waals surface area (Å²) in [6.07, 6.45) is 1.87. The lowest BCUT2D eigenvalue weighted by atomic mass is 10.1. The molecule has 0 atom stereocenters. The number of carboxylic acid groups (broad SMARTS) is 1. The van der Waals surface area contributed by atoms with E-state index in [1.165, 1.54) is 10.5 Å². The molecule has 21 heavy (non-hydrogen) atoms. The molecule has 1 aromatic carbocycles. The molecule has 3 rings (SSSR count). The van der Waals surface area contributed by atoms with Crippen molar-refractivity contribution >= 4 is 21.7 Å². The Morgan fingerprint density at radius 2 is 2.10 bits per heavy atom. The predicted molar refractivity (Wildman–Crippen MR) is 77.2 cm³/mol. The van der Waals surface area contributed by atoms with E-state index in [0.29, 0.717) is 18.7 Å². The molecule has 1 aliphatic rings. The highest BCUT2D eigenvalue weighted by molar-refractivity contribution is 7.92. The minimum Gasteiger partial charge on any atom is -0.477 e. The average Bonchev–Trinajstić information content (AvgIpc) is 3.05. The standard InChI is InChI=1S/C14H14N2O4S/c1-9-2-3-10-4-5-16(13(10)6-9)21(19,20)11-7-12(14(17)18)15-8-11/h2-3,6-8,15H,4-5H2,1H3,(H,17,18). The van der Waals surface area contributed by atoms with Gasteiger partial charge in [-0.3, -0.25) is 4.31 Å². The van der Waals surface area contributed by atoms with Gasteiger partial charge in [-0.25, -0.2) is 13.2 Å². The summed E-state index contributed by atoms with van der Waals surface area (Å²) in [5.41, 5.74) is 2.50. The number of fused-ring (bicyclic) bond motifs is 1. The van der Waals surface area contributed by atoms with Crippen LogP contribution in [-0.2, 0) is 16.4 Å². The largest absolute Gasteiger partial charge is 0.477 e. The van der Waals surface area contributed by atoms with E-state index < -0.39 is 16.0 Å². The summed E-state index contributed by atoms with van der Waals surface area (Å²) < 4.78 is 26.7. The number of aryl methyl sites for hydroxylation is 1. The maximum absolute atomic E-state index is 12.7. The summed E-state index contributed by atoms with van der Waals surface area (Å²) >= 11 is 0. The van der Waals surface area contributed by atoms with Crippen LogP contribution in [-0.4, -0.2) is 31.0 Å². The van der Waals surface area contributed by atoms with Crippen molar-refractivity contribution in [1.29, 1.82) is 0 Å². The Morgan fingerprint density at radius 1 is 1.33 bits per heavy atom. The van der Waals surface area contributed by atoms with Crippen molar-refractivity contribution in [2.24, 2.45) is 0 Å². The third-order valence-electron chi connectivity index (χ3n) is 3.57. The van der Waals surface area contributed by atoms with Gasteiger partial charge in [0.25, 0.3) is 10.0 Å². The van der Waals surface area contributed by atoms with Gasteiger partial charge < -0.3 is 10.1 Å². The van der Waals surface area contributed by atoms with Crippen molar-refractivity contribution in [2.45, 2.75) is 18.2 Å². The van der Waals surface area contributed by atoms with Crippen molar-refractivity contribution in [3.05, 3.63) is 47.3 Å². The van der Waals surface area contributed by atoms with E-state index in [4.69, 9.17) is 5.11 Å². The molecule has 1 aliphatic heterocycles. The molecule has 0 saturated carbocycles. The Bertz CT molecular complexity index is 823. The number of aromatic nitrogens is 1. The lowest BCUT2D eigenvalue weighted by molar-refractivity contribution is 0.0691. The fourth-order valence-corrected chi connectivity index (χ4v) is 3.97. The molecule has 0 bridgehead atoms. The highest BCUT2D eigenvalue weighted by Gasteiger charge is 2.31. The Morgan fingerprint density at radius 3 is 2.76 bits per heavy atom. The van der Waals surface area contributed by atoms with Crippen LogP contribution in [0.1, 0.15) is 21.6 Å². The van der Waals surface area contributed by atoms with Crippen LogP contribution in [0.25, 0.3) is 0 Å². The highest BCUT2D eigenvalue weighted by Crippen LogP contribution is 2.33. The number of aromatic amines is 1. The van der Waals surface area contributed by atoms with Crippen LogP contribution in [0.15, 0.2) is 35.4 Å². The number of hydrogen-bond donors (Lipinski definition) is 2. The quantitative estimate of drug-likeness (QED) is 0.904. The van der Waals surface area contributed by atoms with Crippen LogP contribution in [0.3, 0.4) is 0 Å². The number of benzene rings is 1. The molecule has 6 nitrogen and oxygen atoms in total. The second-order valence-electron chi connectivity index (χ2n) is 5.01. The summed E-state index contributed by atoms with van der Waals surface area (Å²) in [7, 11) is -3.74. The lowest BCUT2D eigenvalue weighted by Gasteiger charge is -2.19. The van der Waals surface area contributed by atoms with E-state index in [-0.39, 0.29) is 10.6 Å². The summed E-state index contributed by atoms with van der Waals surface area (Å²) in [4.78, 5) is 13.3. The van der Waals surface area contributed by atoms with Gasteiger partial charge in [0.2, 0.25) is 0 Å². The van der Waals surface area contributed by atoms with Crippen LogP contribution < -0.4 is 4.31 Å². The Kier molecular flexibility index (Phi) is 3.02. The summed E-state index contributed by atoms with van der Waals surface area (Å²) in [5, 5.41) is 8.88. The van der Waals surface area contributed by atoms with Gasteiger partial charge in [0.1, 0.15) is 10.6 Å². The molecule has 0 aliphatic carbocycles. The molecular weight excluding hydrogens is 292 g/mol. The smallest absolute Gasteiger partial charge is 0.352 e. The Hall–Kier alpha value is -2.28. The van der Waals surface area contributed by atoms with E-state index in [2.05, 4.69) is 4.98 Å². The van der Waals surface area contributed by atoms with Gasteiger partial charge in [-0.2, -0.15) is 0 Å². The van der Waals surface area contributed by atoms with Gasteiger partial charge in [-0.05, 0) is 36.6 Å². The number of nitrogens with zero attached hydrogens (tertiary/aromatic N) is 1. The van der Waals surface area contributed by atoms with E-state index in [0.717, 1.165) is 17.2 Å². The second-order valence-corrected chi connectivity index (χ2v) is 6.88. The molecule has 0 unspecified atom stereocenters. The van der Waals surface area contributed by atoms with E-state index in [9.17, 15) is 13.2 Å². The first-order chi connectivity index (χ1) is 9.89. The van der Waals surface area contributed by atoms with Gasteiger partial charge in [0, 0.05) is 12.7 Å². The molecule has 7 heteroatoms. The number of aromatic carboxylic acids is 1. The fraction of sp³-hybridized carbons (Fsp3) is 0.214. The van der Waals surface area contributed by atoms with Crippen LogP contribution in [0.5, 0.6) is 0 Å². The number of sulfonamides is 1. The van der Waals surface area contributed by atoms with Crippen LogP contribution in [0.4, 0.5) is 5.69 Å². The summed E-state index contributed by atoms with van der Waals surface area (Å²) in [6, 6.07) is 6.86.